The predicted octanol–water partition coefficient (Wildman–Crippen LogP) is 0.964. The second-order valence-electron chi connectivity index (χ2n) is 5.78. The van der Waals surface area contributed by atoms with Gasteiger partial charge in [-0.3, -0.25) is 4.79 Å². The number of carbonyl (C=O) groups is 2. The number of carbonyl (C=O) groups excluding carboxylic acids is 1. The maximum Gasteiger partial charge on any atom is 0.339 e. The van der Waals surface area contributed by atoms with Crippen LogP contribution in [0, 0.1) is 12.8 Å². The van der Waals surface area contributed by atoms with E-state index in [-0.39, 0.29) is 29.7 Å². The van der Waals surface area contributed by atoms with Gasteiger partial charge in [0.2, 0.25) is 15.9 Å². The van der Waals surface area contributed by atoms with Crippen molar-refractivity contribution in [3.63, 3.8) is 0 Å². The maximum atomic E-state index is 12.2. The van der Waals surface area contributed by atoms with E-state index in [0.717, 1.165) is 0 Å². The Balaban J connectivity index is 1.86. The van der Waals surface area contributed by atoms with E-state index in [9.17, 15) is 18.0 Å². The summed E-state index contributed by atoms with van der Waals surface area (Å²) in [4.78, 5) is 23.1. The number of hydrogen-bond acceptors (Lipinski definition) is 5. The first kappa shape index (κ1) is 18.5. The van der Waals surface area contributed by atoms with Crippen LogP contribution >= 0.6 is 0 Å². The molecule has 1 aliphatic rings. The number of piperidine rings is 1. The topological polar surface area (TPSA) is 117 Å². The molecule has 24 heavy (non-hydrogen) atoms. The lowest BCUT2D eigenvalue weighted by Gasteiger charge is -2.30. The number of furan rings is 1. The normalized spacial score (nSPS) is 16.9. The highest BCUT2D eigenvalue weighted by atomic mass is 32.2. The SMILES string of the molecule is CCS(=O)(=O)N1CCC(C(=O)NCc2cc(C(=O)O)c(C)o2)CC1. The Morgan fingerprint density at radius 1 is 1.38 bits per heavy atom. The van der Waals surface area contributed by atoms with E-state index in [4.69, 9.17) is 9.52 Å². The van der Waals surface area contributed by atoms with Crippen LogP contribution in [0.4, 0.5) is 0 Å². The van der Waals surface area contributed by atoms with Gasteiger partial charge in [0, 0.05) is 19.0 Å². The number of rotatable bonds is 6. The number of nitrogens with zero attached hydrogens (tertiary/aromatic N) is 1. The fraction of sp³-hybridized carbons (Fsp3) is 0.600. The van der Waals surface area contributed by atoms with Crippen LogP contribution < -0.4 is 5.32 Å². The molecule has 0 atom stereocenters. The minimum atomic E-state index is -3.20. The van der Waals surface area contributed by atoms with Gasteiger partial charge in [0.1, 0.15) is 17.1 Å². The van der Waals surface area contributed by atoms with Gasteiger partial charge in [-0.15, -0.1) is 0 Å². The van der Waals surface area contributed by atoms with Crippen molar-refractivity contribution in [2.45, 2.75) is 33.2 Å². The lowest BCUT2D eigenvalue weighted by atomic mass is 9.97. The van der Waals surface area contributed by atoms with Gasteiger partial charge in [-0.25, -0.2) is 17.5 Å². The van der Waals surface area contributed by atoms with E-state index in [0.29, 0.717) is 37.5 Å². The summed E-state index contributed by atoms with van der Waals surface area (Å²) in [6.07, 6.45) is 0.950. The first-order chi connectivity index (χ1) is 11.2. The lowest BCUT2D eigenvalue weighted by Crippen LogP contribution is -2.43. The molecule has 0 aliphatic carbocycles. The minimum absolute atomic E-state index is 0.0631. The van der Waals surface area contributed by atoms with Crippen LogP contribution in [-0.4, -0.2) is 48.5 Å². The molecule has 0 saturated carbocycles. The van der Waals surface area contributed by atoms with E-state index < -0.39 is 16.0 Å². The number of aromatic carboxylic acids is 1. The van der Waals surface area contributed by atoms with Gasteiger partial charge in [-0.05, 0) is 32.8 Å². The molecule has 0 bridgehead atoms. The van der Waals surface area contributed by atoms with Crippen molar-refractivity contribution in [3.05, 3.63) is 23.2 Å². The molecule has 0 radical (unpaired) electrons. The Kier molecular flexibility index (Phi) is 5.66. The number of carboxylic acid groups (broad SMARTS) is 1. The molecule has 0 unspecified atom stereocenters. The minimum Gasteiger partial charge on any atom is -0.478 e. The Morgan fingerprint density at radius 3 is 2.50 bits per heavy atom. The second kappa shape index (κ2) is 7.35. The molecule has 1 fully saturated rings. The standard InChI is InChI=1S/C15H22N2O6S/c1-3-24(21,22)17-6-4-11(5-7-17)14(18)16-9-12-8-13(15(19)20)10(2)23-12/h8,11H,3-7,9H2,1-2H3,(H,16,18)(H,19,20). The van der Waals surface area contributed by atoms with Crippen LogP contribution in [0.5, 0.6) is 0 Å². The van der Waals surface area contributed by atoms with E-state index in [2.05, 4.69) is 5.32 Å². The molecule has 0 spiro atoms. The number of nitrogens with one attached hydrogen (secondary N) is 1. The highest BCUT2D eigenvalue weighted by Crippen LogP contribution is 2.20. The number of amides is 1. The zero-order chi connectivity index (χ0) is 17.9. The molecule has 2 N–H and O–H groups in total. The molecule has 134 valence electrons. The maximum absolute atomic E-state index is 12.2. The predicted molar refractivity (Wildman–Crippen MR) is 86.0 cm³/mol. The molecule has 1 saturated heterocycles. The lowest BCUT2D eigenvalue weighted by molar-refractivity contribution is -0.126. The van der Waals surface area contributed by atoms with E-state index >= 15 is 0 Å². The van der Waals surface area contributed by atoms with Gasteiger partial charge < -0.3 is 14.8 Å². The van der Waals surface area contributed by atoms with Gasteiger partial charge in [-0.1, -0.05) is 0 Å². The molecule has 0 aromatic carbocycles. The second-order valence-corrected chi connectivity index (χ2v) is 8.04. The third kappa shape index (κ3) is 4.15. The van der Waals surface area contributed by atoms with Crippen molar-refractivity contribution >= 4 is 21.9 Å². The van der Waals surface area contributed by atoms with E-state index in [1.807, 2.05) is 0 Å². The fourth-order valence-corrected chi connectivity index (χ4v) is 3.87. The third-order valence-electron chi connectivity index (χ3n) is 4.22. The molecular weight excluding hydrogens is 336 g/mol. The first-order valence-electron chi connectivity index (χ1n) is 7.82. The molecule has 1 amide bonds. The van der Waals surface area contributed by atoms with Crippen LogP contribution in [0.2, 0.25) is 0 Å². The van der Waals surface area contributed by atoms with Gasteiger partial charge >= 0.3 is 5.97 Å². The smallest absolute Gasteiger partial charge is 0.339 e. The van der Waals surface area contributed by atoms with Crippen LogP contribution in [0.3, 0.4) is 0 Å². The summed E-state index contributed by atoms with van der Waals surface area (Å²) in [5, 5.41) is 11.7. The Morgan fingerprint density at radius 2 is 2.00 bits per heavy atom. The van der Waals surface area contributed by atoms with Crippen molar-refractivity contribution in [2.24, 2.45) is 5.92 Å². The van der Waals surface area contributed by atoms with Crippen LogP contribution in [0.15, 0.2) is 10.5 Å². The largest absolute Gasteiger partial charge is 0.478 e. The highest BCUT2D eigenvalue weighted by Gasteiger charge is 2.30. The Bertz CT molecular complexity index is 716. The van der Waals surface area contributed by atoms with Crippen molar-refractivity contribution in [1.29, 1.82) is 0 Å². The van der Waals surface area contributed by atoms with Crippen LogP contribution in [0.1, 0.15) is 41.6 Å². The Hall–Kier alpha value is -1.87. The molecule has 8 nitrogen and oxygen atoms in total. The average molecular weight is 358 g/mol. The van der Waals surface area contributed by atoms with E-state index in [1.54, 1.807) is 13.8 Å². The number of carboxylic acids is 1. The molecule has 2 heterocycles. The van der Waals surface area contributed by atoms with Crippen molar-refractivity contribution < 1.29 is 27.5 Å². The number of aryl methyl sites for hydroxylation is 1. The zero-order valence-corrected chi connectivity index (χ0v) is 14.6. The number of hydrogen-bond donors (Lipinski definition) is 2. The zero-order valence-electron chi connectivity index (χ0n) is 13.7. The third-order valence-corrected chi connectivity index (χ3v) is 6.10. The Labute approximate surface area is 140 Å². The molecule has 9 heteroatoms. The summed E-state index contributed by atoms with van der Waals surface area (Å²) >= 11 is 0. The van der Waals surface area contributed by atoms with E-state index in [1.165, 1.54) is 10.4 Å². The van der Waals surface area contributed by atoms with Gasteiger partial charge in [0.15, 0.2) is 0 Å². The molecule has 1 aromatic rings. The number of sulfonamides is 1. The average Bonchev–Trinajstić information content (AvgIpc) is 2.94. The van der Waals surface area contributed by atoms with Crippen LogP contribution in [-0.2, 0) is 21.4 Å². The summed E-state index contributed by atoms with van der Waals surface area (Å²) < 4.78 is 30.3. The van der Waals surface area contributed by atoms with Crippen molar-refractivity contribution in [3.8, 4) is 0 Å². The summed E-state index contributed by atoms with van der Waals surface area (Å²) in [7, 11) is -3.20. The van der Waals surface area contributed by atoms with Crippen molar-refractivity contribution in [1.82, 2.24) is 9.62 Å². The van der Waals surface area contributed by atoms with Crippen molar-refractivity contribution in [2.75, 3.05) is 18.8 Å². The summed E-state index contributed by atoms with van der Waals surface area (Å²) in [6, 6.07) is 1.40. The first-order valence-corrected chi connectivity index (χ1v) is 9.43. The monoisotopic (exact) mass is 358 g/mol. The summed E-state index contributed by atoms with van der Waals surface area (Å²) in [6.45, 7) is 3.96. The summed E-state index contributed by atoms with van der Waals surface area (Å²) in [5.74, 6) is -0.752. The molecular formula is C15H22N2O6S. The molecule has 2 rings (SSSR count). The van der Waals surface area contributed by atoms with Gasteiger partial charge in [0.05, 0.1) is 12.3 Å². The molecule has 1 aliphatic heterocycles. The molecule has 1 aromatic heterocycles. The van der Waals surface area contributed by atoms with Crippen LogP contribution in [0.25, 0.3) is 0 Å². The quantitative estimate of drug-likeness (QED) is 0.782. The highest BCUT2D eigenvalue weighted by molar-refractivity contribution is 7.89. The van der Waals surface area contributed by atoms with Gasteiger partial charge in [-0.2, -0.15) is 0 Å². The fourth-order valence-electron chi connectivity index (χ4n) is 2.74. The van der Waals surface area contributed by atoms with Gasteiger partial charge in [0.25, 0.3) is 0 Å². The summed E-state index contributed by atoms with van der Waals surface area (Å²) in [5.41, 5.74) is 0.0809.